The van der Waals surface area contributed by atoms with Gasteiger partial charge in [0.25, 0.3) is 0 Å². The van der Waals surface area contributed by atoms with Gasteiger partial charge in [-0.1, -0.05) is 19.1 Å². The molecule has 2 aliphatic heterocycles. The Morgan fingerprint density at radius 2 is 2.13 bits per heavy atom. The Labute approximate surface area is 177 Å². The summed E-state index contributed by atoms with van der Waals surface area (Å²) in [4.78, 5) is 15.1. The van der Waals surface area contributed by atoms with Crippen LogP contribution in [0.15, 0.2) is 30.6 Å². The van der Waals surface area contributed by atoms with E-state index in [1.54, 1.807) is 0 Å². The second-order valence-electron chi connectivity index (χ2n) is 9.18. The average Bonchev–Trinajstić information content (AvgIpc) is 3.35. The van der Waals surface area contributed by atoms with E-state index in [2.05, 4.69) is 39.1 Å². The van der Waals surface area contributed by atoms with E-state index >= 15 is 0 Å². The summed E-state index contributed by atoms with van der Waals surface area (Å²) in [6.07, 6.45) is 7.35. The zero-order chi connectivity index (χ0) is 20.6. The van der Waals surface area contributed by atoms with Gasteiger partial charge in [0.1, 0.15) is 12.2 Å². The lowest BCUT2D eigenvalue weighted by atomic mass is 9.71. The van der Waals surface area contributed by atoms with Crippen molar-refractivity contribution in [2.45, 2.75) is 51.5 Å². The summed E-state index contributed by atoms with van der Waals surface area (Å²) < 4.78 is 7.92. The molecule has 2 saturated heterocycles. The molecule has 1 aromatic heterocycles. The molecule has 1 aliphatic carbocycles. The van der Waals surface area contributed by atoms with Crippen molar-refractivity contribution in [2.75, 3.05) is 31.6 Å². The van der Waals surface area contributed by atoms with Crippen molar-refractivity contribution in [1.29, 1.82) is 0 Å². The fraction of sp³-hybridized carbons (Fsp3) is 0.609. The third-order valence-electron chi connectivity index (χ3n) is 7.12. The van der Waals surface area contributed by atoms with Gasteiger partial charge in [0, 0.05) is 49.9 Å². The molecule has 0 bridgehead atoms. The third-order valence-corrected chi connectivity index (χ3v) is 7.12. The van der Waals surface area contributed by atoms with E-state index in [9.17, 15) is 4.79 Å². The number of anilines is 1. The van der Waals surface area contributed by atoms with Crippen molar-refractivity contribution < 1.29 is 9.53 Å². The van der Waals surface area contributed by atoms with Gasteiger partial charge >= 0.3 is 6.03 Å². The Balaban J connectivity index is 1.37. The summed E-state index contributed by atoms with van der Waals surface area (Å²) in [7, 11) is 0. The molecule has 1 saturated carbocycles. The lowest BCUT2D eigenvalue weighted by Crippen LogP contribution is -2.38. The summed E-state index contributed by atoms with van der Waals surface area (Å²) in [5.74, 6) is 2.01. The number of carbonyl (C=O) groups is 1. The second kappa shape index (κ2) is 8.02. The highest BCUT2D eigenvalue weighted by Gasteiger charge is 2.51. The van der Waals surface area contributed by atoms with Crippen molar-refractivity contribution in [3.8, 4) is 0 Å². The number of likely N-dealkylation sites (tertiary alicyclic amines) is 1. The first-order valence-corrected chi connectivity index (χ1v) is 11.3. The molecule has 1 spiro atoms. The molecule has 3 heterocycles. The minimum absolute atomic E-state index is 0.0230. The summed E-state index contributed by atoms with van der Waals surface area (Å²) in [6, 6.07) is 8.08. The quantitative estimate of drug-likeness (QED) is 0.818. The van der Waals surface area contributed by atoms with Crippen LogP contribution in [0.25, 0.3) is 0 Å². The van der Waals surface area contributed by atoms with Crippen molar-refractivity contribution in [2.24, 2.45) is 11.3 Å². The topological polar surface area (TPSA) is 72.3 Å². The van der Waals surface area contributed by atoms with Gasteiger partial charge in [-0.3, -0.25) is 0 Å². The van der Waals surface area contributed by atoms with Gasteiger partial charge in [-0.2, -0.15) is 0 Å². The number of urea groups is 1. The molecule has 160 valence electrons. The van der Waals surface area contributed by atoms with Crippen LogP contribution in [0.3, 0.4) is 0 Å². The number of hydrogen-bond donors (Lipinski definition) is 1. The number of nitrogens with zero attached hydrogens (tertiary/aromatic N) is 4. The third kappa shape index (κ3) is 3.83. The molecule has 30 heavy (non-hydrogen) atoms. The van der Waals surface area contributed by atoms with E-state index in [-0.39, 0.29) is 17.4 Å². The Bertz CT molecular complexity index is 901. The minimum atomic E-state index is -0.0233. The first kappa shape index (κ1) is 19.5. The number of aromatic nitrogens is 3. The number of benzene rings is 1. The van der Waals surface area contributed by atoms with Gasteiger partial charge in [-0.25, -0.2) is 4.79 Å². The number of rotatable bonds is 5. The first-order valence-electron chi connectivity index (χ1n) is 11.3. The SMILES string of the molecule is CCc1cccc(NC(=O)N2CC(c3nncn3CC3CC3)C3(CCOCC3)C2)c1. The number of nitrogens with one attached hydrogen (secondary N) is 1. The normalized spacial score (nSPS) is 23.1. The zero-order valence-corrected chi connectivity index (χ0v) is 17.7. The van der Waals surface area contributed by atoms with E-state index in [0.29, 0.717) is 6.54 Å². The monoisotopic (exact) mass is 409 g/mol. The number of hydrogen-bond acceptors (Lipinski definition) is 4. The highest BCUT2D eigenvalue weighted by molar-refractivity contribution is 5.89. The van der Waals surface area contributed by atoms with Crippen LogP contribution in [0.1, 0.15) is 49.9 Å². The molecule has 2 aromatic rings. The van der Waals surface area contributed by atoms with Gasteiger partial charge in [0.2, 0.25) is 0 Å². The lowest BCUT2D eigenvalue weighted by Gasteiger charge is -2.37. The minimum Gasteiger partial charge on any atom is -0.381 e. The highest BCUT2D eigenvalue weighted by Crippen LogP contribution is 2.49. The molecule has 3 aliphatic rings. The molecule has 1 atom stereocenters. The van der Waals surface area contributed by atoms with Crippen LogP contribution in [-0.4, -0.2) is 52.0 Å². The maximum Gasteiger partial charge on any atom is 0.321 e. The Morgan fingerprint density at radius 3 is 2.90 bits per heavy atom. The van der Waals surface area contributed by atoms with E-state index in [1.165, 1.54) is 18.4 Å². The van der Waals surface area contributed by atoms with Crippen molar-refractivity contribution >= 4 is 11.7 Å². The van der Waals surface area contributed by atoms with Crippen LogP contribution in [0, 0.1) is 11.3 Å². The molecule has 5 rings (SSSR count). The molecule has 1 N–H and O–H groups in total. The van der Waals surface area contributed by atoms with E-state index < -0.39 is 0 Å². The summed E-state index contributed by atoms with van der Waals surface area (Å²) >= 11 is 0. The zero-order valence-electron chi connectivity index (χ0n) is 17.7. The molecule has 1 unspecified atom stereocenters. The predicted molar refractivity (Wildman–Crippen MR) is 114 cm³/mol. The molecule has 2 amide bonds. The van der Waals surface area contributed by atoms with Gasteiger partial charge in [0.15, 0.2) is 0 Å². The Morgan fingerprint density at radius 1 is 1.30 bits per heavy atom. The standard InChI is InChI=1S/C23H31N5O2/c1-2-17-4-3-5-19(12-17)25-22(29)27-14-20(23(15-27)8-10-30-11-9-23)21-26-24-16-28(21)13-18-6-7-18/h3-5,12,16,18,20H,2,6-11,13-15H2,1H3,(H,25,29). The van der Waals surface area contributed by atoms with Gasteiger partial charge in [0.05, 0.1) is 0 Å². The molecule has 1 aromatic carbocycles. The molecule has 7 heteroatoms. The smallest absolute Gasteiger partial charge is 0.321 e. The number of ether oxygens (including phenoxy) is 1. The van der Waals surface area contributed by atoms with Crippen LogP contribution in [0.2, 0.25) is 0 Å². The average molecular weight is 410 g/mol. The molecular weight excluding hydrogens is 378 g/mol. The maximum atomic E-state index is 13.2. The van der Waals surface area contributed by atoms with Gasteiger partial charge < -0.3 is 19.5 Å². The summed E-state index contributed by atoms with van der Waals surface area (Å²) in [6.45, 7) is 6.06. The van der Waals surface area contributed by atoms with Crippen LogP contribution in [0.5, 0.6) is 0 Å². The largest absolute Gasteiger partial charge is 0.381 e. The number of amides is 2. The first-order chi connectivity index (χ1) is 14.7. The van der Waals surface area contributed by atoms with Crippen molar-refractivity contribution in [3.05, 3.63) is 42.0 Å². The van der Waals surface area contributed by atoms with Gasteiger partial charge in [-0.05, 0) is 55.7 Å². The predicted octanol–water partition coefficient (Wildman–Crippen LogP) is 3.68. The van der Waals surface area contributed by atoms with Crippen LogP contribution in [-0.2, 0) is 17.7 Å². The van der Waals surface area contributed by atoms with E-state index in [1.807, 2.05) is 23.4 Å². The van der Waals surface area contributed by atoms with Crippen LogP contribution >= 0.6 is 0 Å². The van der Waals surface area contributed by atoms with E-state index in [0.717, 1.165) is 63.0 Å². The van der Waals surface area contributed by atoms with E-state index in [4.69, 9.17) is 4.74 Å². The summed E-state index contributed by atoms with van der Waals surface area (Å²) in [5, 5.41) is 11.9. The molecule has 3 fully saturated rings. The number of carbonyl (C=O) groups excluding carboxylic acids is 1. The maximum absolute atomic E-state index is 13.2. The lowest BCUT2D eigenvalue weighted by molar-refractivity contribution is 0.0120. The summed E-state index contributed by atoms with van der Waals surface area (Å²) in [5.41, 5.74) is 2.11. The molecule has 0 radical (unpaired) electrons. The number of aryl methyl sites for hydroxylation is 1. The molecule has 7 nitrogen and oxygen atoms in total. The fourth-order valence-electron chi connectivity index (χ4n) is 5.09. The Hall–Kier alpha value is -2.41. The van der Waals surface area contributed by atoms with Crippen LogP contribution < -0.4 is 5.32 Å². The van der Waals surface area contributed by atoms with Crippen molar-refractivity contribution in [1.82, 2.24) is 19.7 Å². The second-order valence-corrected chi connectivity index (χ2v) is 9.18. The highest BCUT2D eigenvalue weighted by atomic mass is 16.5. The van der Waals surface area contributed by atoms with Gasteiger partial charge in [-0.15, -0.1) is 10.2 Å². The molecular formula is C23H31N5O2. The fourth-order valence-corrected chi connectivity index (χ4v) is 5.09. The van der Waals surface area contributed by atoms with Crippen molar-refractivity contribution in [3.63, 3.8) is 0 Å². The van der Waals surface area contributed by atoms with Crippen LogP contribution in [0.4, 0.5) is 10.5 Å². The Kier molecular flexibility index (Phi) is 5.23.